The van der Waals surface area contributed by atoms with Crippen molar-refractivity contribution in [2.45, 2.75) is 33.7 Å². The zero-order valence-corrected chi connectivity index (χ0v) is 16.9. The van der Waals surface area contributed by atoms with Crippen molar-refractivity contribution in [2.24, 2.45) is 5.92 Å². The highest BCUT2D eigenvalue weighted by atomic mass is 16.3. The molecular formula is C23H28N4O. The van der Waals surface area contributed by atoms with E-state index in [0.29, 0.717) is 11.8 Å². The van der Waals surface area contributed by atoms with Crippen LogP contribution in [0.25, 0.3) is 11.3 Å². The molecule has 0 amide bonds. The summed E-state index contributed by atoms with van der Waals surface area (Å²) in [5.41, 5.74) is 5.22. The molecular weight excluding hydrogens is 348 g/mol. The van der Waals surface area contributed by atoms with E-state index in [0.717, 1.165) is 16.9 Å². The van der Waals surface area contributed by atoms with Crippen molar-refractivity contribution in [2.75, 3.05) is 17.2 Å². The predicted molar refractivity (Wildman–Crippen MR) is 116 cm³/mol. The van der Waals surface area contributed by atoms with Crippen LogP contribution in [0.15, 0.2) is 54.6 Å². The molecule has 28 heavy (non-hydrogen) atoms. The van der Waals surface area contributed by atoms with Crippen LogP contribution in [-0.4, -0.2) is 27.7 Å². The van der Waals surface area contributed by atoms with Gasteiger partial charge >= 0.3 is 0 Å². The molecule has 5 heteroatoms. The topological polar surface area (TPSA) is 70.1 Å². The van der Waals surface area contributed by atoms with Crippen molar-refractivity contribution in [3.05, 3.63) is 65.7 Å². The van der Waals surface area contributed by atoms with E-state index < -0.39 is 0 Å². The Bertz CT molecular complexity index is 905. The van der Waals surface area contributed by atoms with Crippen LogP contribution in [0.3, 0.4) is 0 Å². The molecule has 0 aliphatic rings. The standard InChI is InChI=1S/C23H28N4O/c1-15(2)21(14-28)26-23-25-20(18-8-6-5-7-9-18)13-22(27-23)24-19-11-16(3)10-17(4)12-19/h5-13,15,21,28H,14H2,1-4H3,(H2,24,25,26,27)/t21-/m1/s1. The van der Waals surface area contributed by atoms with Crippen molar-refractivity contribution >= 4 is 17.5 Å². The van der Waals surface area contributed by atoms with E-state index in [2.05, 4.69) is 66.5 Å². The number of hydrogen-bond donors (Lipinski definition) is 3. The number of nitrogens with one attached hydrogen (secondary N) is 2. The molecule has 3 N–H and O–H groups in total. The minimum Gasteiger partial charge on any atom is -0.394 e. The van der Waals surface area contributed by atoms with Gasteiger partial charge in [0, 0.05) is 17.3 Å². The lowest BCUT2D eigenvalue weighted by atomic mass is 10.1. The van der Waals surface area contributed by atoms with Crippen molar-refractivity contribution in [1.82, 2.24) is 9.97 Å². The van der Waals surface area contributed by atoms with E-state index in [9.17, 15) is 5.11 Å². The molecule has 0 saturated heterocycles. The van der Waals surface area contributed by atoms with Gasteiger partial charge in [0.15, 0.2) is 0 Å². The summed E-state index contributed by atoms with van der Waals surface area (Å²) in [5.74, 6) is 1.47. The molecule has 2 aromatic carbocycles. The van der Waals surface area contributed by atoms with E-state index >= 15 is 0 Å². The maximum Gasteiger partial charge on any atom is 0.225 e. The van der Waals surface area contributed by atoms with Gasteiger partial charge in [-0.15, -0.1) is 0 Å². The van der Waals surface area contributed by atoms with Crippen LogP contribution >= 0.6 is 0 Å². The number of nitrogens with zero attached hydrogens (tertiary/aromatic N) is 2. The molecule has 1 atom stereocenters. The number of aliphatic hydroxyl groups is 1. The maximum absolute atomic E-state index is 9.68. The van der Waals surface area contributed by atoms with E-state index in [1.54, 1.807) is 0 Å². The van der Waals surface area contributed by atoms with Gasteiger partial charge in [0.25, 0.3) is 0 Å². The van der Waals surface area contributed by atoms with E-state index in [1.807, 2.05) is 36.4 Å². The highest BCUT2D eigenvalue weighted by Crippen LogP contribution is 2.25. The average molecular weight is 377 g/mol. The van der Waals surface area contributed by atoms with Gasteiger partial charge < -0.3 is 15.7 Å². The van der Waals surface area contributed by atoms with E-state index in [-0.39, 0.29) is 18.6 Å². The predicted octanol–water partition coefficient (Wildman–Crippen LogP) is 4.93. The molecule has 0 spiro atoms. The van der Waals surface area contributed by atoms with Gasteiger partial charge in [0.05, 0.1) is 18.3 Å². The van der Waals surface area contributed by atoms with Crippen LogP contribution in [-0.2, 0) is 0 Å². The number of aryl methyl sites for hydroxylation is 2. The van der Waals surface area contributed by atoms with Crippen molar-refractivity contribution in [3.8, 4) is 11.3 Å². The van der Waals surface area contributed by atoms with Crippen LogP contribution in [0.5, 0.6) is 0 Å². The second kappa shape index (κ2) is 8.85. The molecule has 0 aliphatic carbocycles. The Hall–Kier alpha value is -2.92. The quantitative estimate of drug-likeness (QED) is 0.545. The molecule has 1 aromatic heterocycles. The van der Waals surface area contributed by atoms with Crippen LogP contribution in [0.4, 0.5) is 17.5 Å². The Balaban J connectivity index is 1.99. The summed E-state index contributed by atoms with van der Waals surface area (Å²) in [4.78, 5) is 9.32. The Morgan fingerprint density at radius 2 is 1.61 bits per heavy atom. The lowest BCUT2D eigenvalue weighted by Crippen LogP contribution is -2.30. The first-order valence-electron chi connectivity index (χ1n) is 9.62. The fourth-order valence-corrected chi connectivity index (χ4v) is 3.12. The fraction of sp³-hybridized carbons (Fsp3) is 0.304. The summed E-state index contributed by atoms with van der Waals surface area (Å²) in [6, 6.07) is 18.2. The van der Waals surface area contributed by atoms with Crippen molar-refractivity contribution < 1.29 is 5.11 Å². The Morgan fingerprint density at radius 1 is 0.929 bits per heavy atom. The summed E-state index contributed by atoms with van der Waals surface area (Å²) in [6.45, 7) is 8.30. The lowest BCUT2D eigenvalue weighted by Gasteiger charge is -2.21. The van der Waals surface area contributed by atoms with E-state index in [4.69, 9.17) is 0 Å². The Labute approximate surface area is 166 Å². The molecule has 0 saturated carbocycles. The number of benzene rings is 2. The first kappa shape index (κ1) is 19.8. The normalized spacial score (nSPS) is 12.1. The summed E-state index contributed by atoms with van der Waals surface area (Å²) in [7, 11) is 0. The molecule has 0 radical (unpaired) electrons. The molecule has 0 unspecified atom stereocenters. The number of aromatic nitrogens is 2. The third-order valence-electron chi connectivity index (χ3n) is 4.61. The Morgan fingerprint density at radius 3 is 2.21 bits per heavy atom. The number of anilines is 3. The molecule has 0 aliphatic heterocycles. The summed E-state index contributed by atoms with van der Waals surface area (Å²) >= 11 is 0. The minimum atomic E-state index is -0.111. The molecule has 0 fully saturated rings. The summed E-state index contributed by atoms with van der Waals surface area (Å²) in [6.07, 6.45) is 0. The van der Waals surface area contributed by atoms with E-state index in [1.165, 1.54) is 11.1 Å². The monoisotopic (exact) mass is 376 g/mol. The second-order valence-electron chi connectivity index (χ2n) is 7.51. The smallest absolute Gasteiger partial charge is 0.225 e. The van der Waals surface area contributed by atoms with Gasteiger partial charge in [-0.1, -0.05) is 50.2 Å². The maximum atomic E-state index is 9.68. The second-order valence-corrected chi connectivity index (χ2v) is 7.51. The van der Waals surface area contributed by atoms with Crippen LogP contribution in [0, 0.1) is 19.8 Å². The highest BCUT2D eigenvalue weighted by molar-refractivity contribution is 5.67. The highest BCUT2D eigenvalue weighted by Gasteiger charge is 2.15. The van der Waals surface area contributed by atoms with Crippen LogP contribution < -0.4 is 10.6 Å². The first-order valence-corrected chi connectivity index (χ1v) is 9.62. The van der Waals surface area contributed by atoms with Gasteiger partial charge in [0.2, 0.25) is 5.95 Å². The largest absolute Gasteiger partial charge is 0.394 e. The van der Waals surface area contributed by atoms with Gasteiger partial charge in [-0.05, 0) is 43.0 Å². The summed E-state index contributed by atoms with van der Waals surface area (Å²) in [5, 5.41) is 16.4. The minimum absolute atomic E-state index is 0.0242. The number of hydrogen-bond acceptors (Lipinski definition) is 5. The van der Waals surface area contributed by atoms with Crippen molar-refractivity contribution in [1.29, 1.82) is 0 Å². The molecule has 1 heterocycles. The van der Waals surface area contributed by atoms with Gasteiger partial charge in [0.1, 0.15) is 5.82 Å². The lowest BCUT2D eigenvalue weighted by molar-refractivity contribution is 0.248. The molecule has 0 bridgehead atoms. The van der Waals surface area contributed by atoms with Gasteiger partial charge in [-0.3, -0.25) is 0 Å². The molecule has 5 nitrogen and oxygen atoms in total. The fourth-order valence-electron chi connectivity index (χ4n) is 3.12. The summed E-state index contributed by atoms with van der Waals surface area (Å²) < 4.78 is 0. The third kappa shape index (κ3) is 5.08. The average Bonchev–Trinajstić information content (AvgIpc) is 2.65. The number of rotatable bonds is 7. The van der Waals surface area contributed by atoms with Gasteiger partial charge in [-0.25, -0.2) is 4.98 Å². The first-order chi connectivity index (χ1) is 13.4. The third-order valence-corrected chi connectivity index (χ3v) is 4.61. The van der Waals surface area contributed by atoms with Crippen LogP contribution in [0.2, 0.25) is 0 Å². The molecule has 146 valence electrons. The molecule has 3 rings (SSSR count). The zero-order chi connectivity index (χ0) is 20.1. The van der Waals surface area contributed by atoms with Gasteiger partial charge in [-0.2, -0.15) is 4.98 Å². The van der Waals surface area contributed by atoms with Crippen LogP contribution in [0.1, 0.15) is 25.0 Å². The molecule has 3 aromatic rings. The SMILES string of the molecule is Cc1cc(C)cc(Nc2cc(-c3ccccc3)nc(N[C@H](CO)C(C)C)n2)c1. The van der Waals surface area contributed by atoms with Crippen molar-refractivity contribution in [3.63, 3.8) is 0 Å². The number of aliphatic hydroxyl groups excluding tert-OH is 1. The Kier molecular flexibility index (Phi) is 6.26. The zero-order valence-electron chi connectivity index (χ0n) is 16.9.